The van der Waals surface area contributed by atoms with Gasteiger partial charge in [0.1, 0.15) is 12.4 Å². The third-order valence-corrected chi connectivity index (χ3v) is 6.08. The van der Waals surface area contributed by atoms with E-state index in [1.165, 1.54) is 22.5 Å². The maximum atomic E-state index is 12.2. The third-order valence-electron chi connectivity index (χ3n) is 4.97. The van der Waals surface area contributed by atoms with E-state index in [0.29, 0.717) is 6.61 Å². The summed E-state index contributed by atoms with van der Waals surface area (Å²) in [6.07, 6.45) is 1.63. The van der Waals surface area contributed by atoms with Crippen LogP contribution in [0.25, 0.3) is 10.8 Å². The Hall–Kier alpha value is -3.57. The molecule has 5 heteroatoms. The lowest BCUT2D eigenvalue weighted by molar-refractivity contribution is -0.120. The van der Waals surface area contributed by atoms with Crippen LogP contribution >= 0.6 is 11.8 Å². The van der Waals surface area contributed by atoms with E-state index in [-0.39, 0.29) is 11.2 Å². The average Bonchev–Trinajstić information content (AvgIpc) is 2.84. The van der Waals surface area contributed by atoms with Crippen LogP contribution in [0.4, 0.5) is 0 Å². The first-order chi connectivity index (χ1) is 15.7. The summed E-state index contributed by atoms with van der Waals surface area (Å²) in [6, 6.07) is 32.0. The average molecular weight is 441 g/mol. The zero-order chi connectivity index (χ0) is 22.2. The minimum absolute atomic E-state index is 0.134. The second-order valence-electron chi connectivity index (χ2n) is 7.30. The molecule has 4 aromatic carbocycles. The van der Waals surface area contributed by atoms with Gasteiger partial charge in [-0.1, -0.05) is 60.7 Å². The maximum Gasteiger partial charge on any atom is 0.253 e. The monoisotopic (exact) mass is 440 g/mol. The lowest BCUT2D eigenvalue weighted by Gasteiger charge is -2.10. The number of hydrogen-bond acceptors (Lipinski definition) is 4. The Morgan fingerprint density at radius 1 is 0.938 bits per heavy atom. The minimum atomic E-state index is -0.237. The second-order valence-corrected chi connectivity index (χ2v) is 8.72. The summed E-state index contributed by atoms with van der Waals surface area (Å²) in [4.78, 5) is 13.3. The van der Waals surface area contributed by atoms with Crippen molar-refractivity contribution in [3.8, 4) is 5.75 Å². The van der Waals surface area contributed by atoms with Gasteiger partial charge in [0, 0.05) is 4.90 Å². The molecule has 160 valence electrons. The van der Waals surface area contributed by atoms with Crippen LogP contribution in [-0.2, 0) is 11.4 Å². The van der Waals surface area contributed by atoms with Crippen molar-refractivity contribution in [3.63, 3.8) is 0 Å². The van der Waals surface area contributed by atoms with E-state index >= 15 is 0 Å². The summed E-state index contributed by atoms with van der Waals surface area (Å²) < 4.78 is 5.97. The molecule has 0 bridgehead atoms. The number of fused-ring (bicyclic) bond motifs is 1. The predicted molar refractivity (Wildman–Crippen MR) is 132 cm³/mol. The van der Waals surface area contributed by atoms with Gasteiger partial charge in [-0.25, -0.2) is 5.43 Å². The molecule has 4 aromatic rings. The Kier molecular flexibility index (Phi) is 7.20. The van der Waals surface area contributed by atoms with Gasteiger partial charge in [-0.15, -0.1) is 11.8 Å². The van der Waals surface area contributed by atoms with Gasteiger partial charge >= 0.3 is 0 Å². The first kappa shape index (κ1) is 21.7. The molecule has 0 unspecified atom stereocenters. The lowest BCUT2D eigenvalue weighted by atomic mass is 10.1. The van der Waals surface area contributed by atoms with Crippen molar-refractivity contribution in [1.29, 1.82) is 0 Å². The number of thioether (sulfide) groups is 1. The van der Waals surface area contributed by atoms with Crippen LogP contribution < -0.4 is 10.2 Å². The van der Waals surface area contributed by atoms with Crippen LogP contribution in [0.1, 0.15) is 18.1 Å². The highest BCUT2D eigenvalue weighted by Crippen LogP contribution is 2.23. The van der Waals surface area contributed by atoms with Crippen LogP contribution in [0, 0.1) is 0 Å². The first-order valence-electron chi connectivity index (χ1n) is 10.4. The molecule has 0 spiro atoms. The number of benzene rings is 4. The molecule has 4 nitrogen and oxygen atoms in total. The molecule has 1 N–H and O–H groups in total. The molecule has 0 saturated heterocycles. The molecule has 0 saturated carbocycles. The van der Waals surface area contributed by atoms with Crippen LogP contribution in [0.3, 0.4) is 0 Å². The van der Waals surface area contributed by atoms with E-state index in [1.54, 1.807) is 6.21 Å². The number of ether oxygens (including phenoxy) is 1. The zero-order valence-corrected chi connectivity index (χ0v) is 18.6. The Morgan fingerprint density at radius 2 is 1.66 bits per heavy atom. The minimum Gasteiger partial charge on any atom is -0.489 e. The Morgan fingerprint density at radius 3 is 2.47 bits per heavy atom. The number of hydrogen-bond donors (Lipinski definition) is 1. The molecule has 0 aliphatic rings. The topological polar surface area (TPSA) is 50.7 Å². The molecule has 1 atom stereocenters. The first-order valence-corrected chi connectivity index (χ1v) is 11.3. The predicted octanol–water partition coefficient (Wildman–Crippen LogP) is 6.05. The maximum absolute atomic E-state index is 12.2. The van der Waals surface area contributed by atoms with Crippen molar-refractivity contribution >= 4 is 34.7 Å². The molecule has 1 amide bonds. The fourth-order valence-corrected chi connectivity index (χ4v) is 4.13. The van der Waals surface area contributed by atoms with E-state index in [1.807, 2.05) is 79.7 Å². The number of nitrogens with one attached hydrogen (secondary N) is 1. The highest BCUT2D eigenvalue weighted by Gasteiger charge is 2.13. The third kappa shape index (κ3) is 5.77. The van der Waals surface area contributed by atoms with Crippen molar-refractivity contribution in [3.05, 3.63) is 108 Å². The molecule has 0 radical (unpaired) electrons. The van der Waals surface area contributed by atoms with Crippen LogP contribution in [0.15, 0.2) is 107 Å². The SMILES string of the molecule is C[C@@H](Sc1ccccc1)C(=O)N/N=C\c1ccc(OCc2cccc3ccccc23)cc1. The molecule has 0 aliphatic heterocycles. The Bertz CT molecular complexity index is 1200. The molecular formula is C27H24N2O2S. The van der Waals surface area contributed by atoms with Crippen molar-refractivity contribution in [2.75, 3.05) is 0 Å². The van der Waals surface area contributed by atoms with Crippen molar-refractivity contribution < 1.29 is 9.53 Å². The van der Waals surface area contributed by atoms with Gasteiger partial charge in [-0.3, -0.25) is 4.79 Å². The summed E-state index contributed by atoms with van der Waals surface area (Å²) in [6.45, 7) is 2.37. The highest BCUT2D eigenvalue weighted by atomic mass is 32.2. The molecular weight excluding hydrogens is 416 g/mol. The van der Waals surface area contributed by atoms with E-state index in [0.717, 1.165) is 21.8 Å². The summed E-state index contributed by atoms with van der Waals surface area (Å²) in [7, 11) is 0. The fourth-order valence-electron chi connectivity index (χ4n) is 3.25. The Labute approximate surface area is 192 Å². The second kappa shape index (κ2) is 10.6. The number of carbonyl (C=O) groups excluding carboxylic acids is 1. The van der Waals surface area contributed by atoms with Crippen molar-refractivity contribution in [2.24, 2.45) is 5.10 Å². The number of rotatable bonds is 8. The van der Waals surface area contributed by atoms with E-state index in [4.69, 9.17) is 4.74 Å². The number of carbonyl (C=O) groups is 1. The molecule has 0 aliphatic carbocycles. The fraction of sp³-hybridized carbons (Fsp3) is 0.111. The summed E-state index contributed by atoms with van der Waals surface area (Å²) >= 11 is 1.50. The number of nitrogens with zero attached hydrogens (tertiary/aromatic N) is 1. The number of amides is 1. The van der Waals surface area contributed by atoms with Crippen molar-refractivity contribution in [1.82, 2.24) is 5.43 Å². The van der Waals surface area contributed by atoms with Crippen LogP contribution in [0.5, 0.6) is 5.75 Å². The molecule has 32 heavy (non-hydrogen) atoms. The highest BCUT2D eigenvalue weighted by molar-refractivity contribution is 8.00. The van der Waals surface area contributed by atoms with Gasteiger partial charge in [-0.2, -0.15) is 5.10 Å². The summed E-state index contributed by atoms with van der Waals surface area (Å²) in [5.74, 6) is 0.650. The molecule has 0 aromatic heterocycles. The van der Waals surface area contributed by atoms with E-state index in [9.17, 15) is 4.79 Å². The van der Waals surface area contributed by atoms with Gasteiger partial charge in [0.05, 0.1) is 11.5 Å². The van der Waals surface area contributed by atoms with Crippen LogP contribution in [-0.4, -0.2) is 17.4 Å². The molecule has 0 fully saturated rings. The zero-order valence-electron chi connectivity index (χ0n) is 17.8. The van der Waals surface area contributed by atoms with Gasteiger partial charge in [0.25, 0.3) is 5.91 Å². The smallest absolute Gasteiger partial charge is 0.253 e. The van der Waals surface area contributed by atoms with Crippen molar-refractivity contribution in [2.45, 2.75) is 23.7 Å². The standard InChI is InChI=1S/C27H24N2O2S/c1-20(32-25-11-3-2-4-12-25)27(30)29-28-18-21-14-16-24(17-15-21)31-19-23-10-7-9-22-8-5-6-13-26(22)23/h2-18,20H,19H2,1H3,(H,29,30)/b28-18-/t20-/m1/s1. The lowest BCUT2D eigenvalue weighted by Crippen LogP contribution is -2.26. The summed E-state index contributed by atoms with van der Waals surface area (Å²) in [5, 5.41) is 6.26. The van der Waals surface area contributed by atoms with Gasteiger partial charge in [0.2, 0.25) is 0 Å². The van der Waals surface area contributed by atoms with E-state index in [2.05, 4.69) is 34.8 Å². The normalized spacial score (nSPS) is 12.0. The van der Waals surface area contributed by atoms with E-state index < -0.39 is 0 Å². The Balaban J connectivity index is 1.28. The summed E-state index contributed by atoms with van der Waals surface area (Å²) in [5.41, 5.74) is 4.64. The van der Waals surface area contributed by atoms with Crippen LogP contribution in [0.2, 0.25) is 0 Å². The van der Waals surface area contributed by atoms with Gasteiger partial charge < -0.3 is 4.74 Å². The number of hydrazone groups is 1. The molecule has 4 rings (SSSR count). The van der Waals surface area contributed by atoms with Gasteiger partial charge in [0.15, 0.2) is 0 Å². The largest absolute Gasteiger partial charge is 0.489 e. The molecule has 0 heterocycles. The van der Waals surface area contributed by atoms with Gasteiger partial charge in [-0.05, 0) is 65.2 Å². The quantitative estimate of drug-likeness (QED) is 0.206.